The second kappa shape index (κ2) is 6.94. The van der Waals surface area contributed by atoms with Gasteiger partial charge in [-0.25, -0.2) is 0 Å². The van der Waals surface area contributed by atoms with E-state index >= 15 is 0 Å². The molecule has 3 saturated carbocycles. The van der Waals surface area contributed by atoms with Gasteiger partial charge in [0.1, 0.15) is 6.61 Å². The highest BCUT2D eigenvalue weighted by Crippen LogP contribution is 2.65. The number of allylic oxidation sites excluding steroid dienone is 2. The van der Waals surface area contributed by atoms with Crippen LogP contribution in [0.1, 0.15) is 71.6 Å². The van der Waals surface area contributed by atoms with E-state index in [-0.39, 0.29) is 11.5 Å². The molecule has 0 aliphatic heterocycles. The van der Waals surface area contributed by atoms with E-state index in [9.17, 15) is 5.11 Å². The summed E-state index contributed by atoms with van der Waals surface area (Å²) in [5.41, 5.74) is 8.74. The van der Waals surface area contributed by atoms with Crippen LogP contribution in [-0.4, -0.2) is 30.1 Å². The van der Waals surface area contributed by atoms with E-state index in [1.165, 1.54) is 38.5 Å². The quantitative estimate of drug-likeness (QED) is 0.587. The second-order valence-corrected chi connectivity index (χ2v) is 9.70. The van der Waals surface area contributed by atoms with Crippen molar-refractivity contribution in [3.05, 3.63) is 11.6 Å². The van der Waals surface area contributed by atoms with Gasteiger partial charge in [-0.1, -0.05) is 24.6 Å². The monoisotopic (exact) mass is 360 g/mol. The SMILES string of the molecule is C[C@]12CC/C(=N/OCCCN)C=C1CCC1C2CC[C@@]2(C)C1CC[C@@H]2O. The number of oxime groups is 1. The van der Waals surface area contributed by atoms with Crippen LogP contribution in [0.2, 0.25) is 0 Å². The van der Waals surface area contributed by atoms with Crippen LogP contribution >= 0.6 is 0 Å². The molecule has 4 nitrogen and oxygen atoms in total. The molecule has 6 atom stereocenters. The third-order valence-corrected chi connectivity index (χ3v) is 8.55. The van der Waals surface area contributed by atoms with Crippen LogP contribution in [0.4, 0.5) is 0 Å². The molecule has 0 aromatic carbocycles. The molecular formula is C22H36N2O2. The molecular weight excluding hydrogens is 324 g/mol. The van der Waals surface area contributed by atoms with Gasteiger partial charge in [-0.2, -0.15) is 0 Å². The van der Waals surface area contributed by atoms with Gasteiger partial charge in [-0.3, -0.25) is 0 Å². The Kier molecular flexibility index (Phi) is 4.94. The van der Waals surface area contributed by atoms with Crippen molar-refractivity contribution >= 4 is 5.71 Å². The fourth-order valence-corrected chi connectivity index (χ4v) is 6.89. The minimum atomic E-state index is -0.0750. The molecule has 0 amide bonds. The van der Waals surface area contributed by atoms with Gasteiger partial charge in [0, 0.05) is 0 Å². The minimum Gasteiger partial charge on any atom is -0.396 e. The Morgan fingerprint density at radius 2 is 2.00 bits per heavy atom. The highest BCUT2D eigenvalue weighted by atomic mass is 16.6. The molecule has 26 heavy (non-hydrogen) atoms. The van der Waals surface area contributed by atoms with Crippen LogP contribution in [0.3, 0.4) is 0 Å². The van der Waals surface area contributed by atoms with Crippen molar-refractivity contribution in [3.8, 4) is 0 Å². The smallest absolute Gasteiger partial charge is 0.118 e. The molecule has 0 bridgehead atoms. The molecule has 4 heteroatoms. The topological polar surface area (TPSA) is 67.8 Å². The molecule has 0 saturated heterocycles. The Morgan fingerprint density at radius 3 is 2.81 bits per heavy atom. The Balaban J connectivity index is 1.52. The number of fused-ring (bicyclic) bond motifs is 5. The molecule has 0 heterocycles. The zero-order chi connectivity index (χ0) is 18.4. The standard InChI is InChI=1S/C22H36N2O2/c1-21-10-8-16(24-26-13-3-12-23)14-15(21)4-5-17-18-6-7-20(25)22(18,2)11-9-19(17)21/h14,17-20,25H,3-13,23H2,1-2H3/b24-16-/t17?,18?,19?,20-,21-,22-/m0/s1. The maximum absolute atomic E-state index is 10.6. The zero-order valence-electron chi connectivity index (χ0n) is 16.5. The molecule has 0 radical (unpaired) electrons. The first-order chi connectivity index (χ1) is 12.5. The zero-order valence-corrected chi connectivity index (χ0v) is 16.5. The lowest BCUT2D eigenvalue weighted by Gasteiger charge is -2.57. The van der Waals surface area contributed by atoms with Crippen LogP contribution in [0.25, 0.3) is 0 Å². The maximum Gasteiger partial charge on any atom is 0.118 e. The van der Waals surface area contributed by atoms with Gasteiger partial charge in [0.05, 0.1) is 11.8 Å². The Bertz CT molecular complexity index is 601. The minimum absolute atomic E-state index is 0.0750. The van der Waals surface area contributed by atoms with Crippen molar-refractivity contribution in [1.82, 2.24) is 0 Å². The first-order valence-electron chi connectivity index (χ1n) is 10.8. The van der Waals surface area contributed by atoms with Crippen molar-refractivity contribution in [2.24, 2.45) is 39.5 Å². The molecule has 4 aliphatic rings. The van der Waals surface area contributed by atoms with Crippen LogP contribution in [-0.2, 0) is 4.84 Å². The van der Waals surface area contributed by atoms with Crippen molar-refractivity contribution in [2.75, 3.05) is 13.2 Å². The number of aliphatic hydroxyl groups excluding tert-OH is 1. The number of rotatable bonds is 4. The normalized spacial score (nSPS) is 46.3. The van der Waals surface area contributed by atoms with Gasteiger partial charge >= 0.3 is 0 Å². The average Bonchev–Trinajstić information content (AvgIpc) is 2.94. The van der Waals surface area contributed by atoms with E-state index in [0.29, 0.717) is 18.6 Å². The molecule has 0 aromatic rings. The average molecular weight is 361 g/mol. The summed E-state index contributed by atoms with van der Waals surface area (Å²) in [6.45, 7) is 6.15. The van der Waals surface area contributed by atoms with E-state index in [1.54, 1.807) is 5.57 Å². The van der Waals surface area contributed by atoms with E-state index in [0.717, 1.165) is 42.7 Å². The first-order valence-corrected chi connectivity index (χ1v) is 10.8. The Morgan fingerprint density at radius 1 is 1.15 bits per heavy atom. The molecule has 4 rings (SSSR count). The van der Waals surface area contributed by atoms with E-state index in [4.69, 9.17) is 10.6 Å². The van der Waals surface area contributed by atoms with Gasteiger partial charge in [-0.15, -0.1) is 0 Å². The summed E-state index contributed by atoms with van der Waals surface area (Å²) < 4.78 is 0. The molecule has 146 valence electrons. The van der Waals surface area contributed by atoms with Crippen molar-refractivity contribution < 1.29 is 9.94 Å². The number of aliphatic hydroxyl groups is 1. The summed E-state index contributed by atoms with van der Waals surface area (Å²) in [7, 11) is 0. The Labute approximate surface area is 158 Å². The predicted molar refractivity (Wildman–Crippen MR) is 105 cm³/mol. The fourth-order valence-electron chi connectivity index (χ4n) is 6.89. The van der Waals surface area contributed by atoms with Crippen LogP contribution in [0.5, 0.6) is 0 Å². The Hall–Kier alpha value is -0.870. The number of hydrogen-bond donors (Lipinski definition) is 2. The summed E-state index contributed by atoms with van der Waals surface area (Å²) in [5, 5.41) is 14.9. The number of hydrogen-bond acceptors (Lipinski definition) is 4. The lowest BCUT2D eigenvalue weighted by atomic mass is 9.47. The largest absolute Gasteiger partial charge is 0.396 e. The lowest BCUT2D eigenvalue weighted by Crippen LogP contribution is -2.51. The molecule has 3 N–H and O–H groups in total. The van der Waals surface area contributed by atoms with Gasteiger partial charge in [0.2, 0.25) is 0 Å². The third-order valence-electron chi connectivity index (χ3n) is 8.55. The molecule has 4 aliphatic carbocycles. The maximum atomic E-state index is 10.6. The summed E-state index contributed by atoms with van der Waals surface area (Å²) in [6, 6.07) is 0. The molecule has 3 fully saturated rings. The molecule has 0 spiro atoms. The van der Waals surface area contributed by atoms with Crippen molar-refractivity contribution in [1.29, 1.82) is 0 Å². The first kappa shape index (κ1) is 18.5. The number of nitrogens with zero attached hydrogens (tertiary/aromatic N) is 1. The third kappa shape index (κ3) is 2.84. The van der Waals surface area contributed by atoms with Crippen molar-refractivity contribution in [2.45, 2.75) is 77.7 Å². The molecule has 0 aromatic heterocycles. The predicted octanol–water partition coefficient (Wildman–Crippen LogP) is 4.03. The van der Waals surface area contributed by atoms with Gasteiger partial charge in [0.15, 0.2) is 0 Å². The van der Waals surface area contributed by atoms with Crippen molar-refractivity contribution in [3.63, 3.8) is 0 Å². The molecule has 3 unspecified atom stereocenters. The van der Waals surface area contributed by atoms with E-state index in [1.807, 2.05) is 0 Å². The summed E-state index contributed by atoms with van der Waals surface area (Å²) in [5.74, 6) is 2.31. The summed E-state index contributed by atoms with van der Waals surface area (Å²) in [4.78, 5) is 5.45. The summed E-state index contributed by atoms with van der Waals surface area (Å²) >= 11 is 0. The van der Waals surface area contributed by atoms with E-state index in [2.05, 4.69) is 25.1 Å². The van der Waals surface area contributed by atoms with E-state index < -0.39 is 0 Å². The highest BCUT2D eigenvalue weighted by Gasteiger charge is 2.58. The summed E-state index contributed by atoms with van der Waals surface area (Å²) in [6.07, 6.45) is 12.6. The number of nitrogens with two attached hydrogens (primary N) is 1. The van der Waals surface area contributed by atoms with Gasteiger partial charge < -0.3 is 15.7 Å². The van der Waals surface area contributed by atoms with Crippen LogP contribution < -0.4 is 5.73 Å². The van der Waals surface area contributed by atoms with Gasteiger partial charge in [-0.05, 0) is 99.0 Å². The highest BCUT2D eigenvalue weighted by molar-refractivity contribution is 5.96. The van der Waals surface area contributed by atoms with Crippen LogP contribution in [0, 0.1) is 28.6 Å². The second-order valence-electron chi connectivity index (χ2n) is 9.70. The van der Waals surface area contributed by atoms with Gasteiger partial charge in [0.25, 0.3) is 0 Å². The fraction of sp³-hybridized carbons (Fsp3) is 0.864. The van der Waals surface area contributed by atoms with Crippen LogP contribution in [0.15, 0.2) is 16.8 Å². The lowest BCUT2D eigenvalue weighted by molar-refractivity contribution is -0.0722.